The van der Waals surface area contributed by atoms with Crippen LogP contribution in [0.2, 0.25) is 0 Å². The van der Waals surface area contributed by atoms with Crippen LogP contribution in [0, 0.1) is 0 Å². The minimum Gasteiger partial charge on any atom is -0.156 e. The molecule has 0 bridgehead atoms. The van der Waals surface area contributed by atoms with Gasteiger partial charge in [0.25, 0.3) is 0 Å². The van der Waals surface area contributed by atoms with Crippen molar-refractivity contribution < 1.29 is 0 Å². The minimum atomic E-state index is 0.456. The molecule has 0 nitrogen and oxygen atoms in total. The Labute approximate surface area is 127 Å². The van der Waals surface area contributed by atoms with Crippen LogP contribution in [0.25, 0.3) is 0 Å². The van der Waals surface area contributed by atoms with Crippen LogP contribution in [0.4, 0.5) is 0 Å². The fourth-order valence-electron chi connectivity index (χ4n) is 2.32. The van der Waals surface area contributed by atoms with E-state index in [0.29, 0.717) is 4.75 Å². The van der Waals surface area contributed by atoms with Gasteiger partial charge in [-0.1, -0.05) is 98.3 Å². The van der Waals surface area contributed by atoms with Gasteiger partial charge in [0, 0.05) is 4.75 Å². The maximum absolute atomic E-state index is 2.32. The first-order chi connectivity index (χ1) is 9.06. The van der Waals surface area contributed by atoms with Gasteiger partial charge in [-0.3, -0.25) is 0 Å². The SMILES string of the molecule is CCCCCCCCCCCCCCSC(C)(C)C. The zero-order valence-electron chi connectivity index (χ0n) is 14.1. The number of unbranched alkanes of at least 4 members (excludes halogenated alkanes) is 11. The highest BCUT2D eigenvalue weighted by Gasteiger charge is 2.08. The van der Waals surface area contributed by atoms with Gasteiger partial charge in [-0.15, -0.1) is 0 Å². The Balaban J connectivity index is 2.99. The highest BCUT2D eigenvalue weighted by Crippen LogP contribution is 2.24. The predicted molar refractivity (Wildman–Crippen MR) is 93.3 cm³/mol. The molecule has 0 saturated heterocycles. The van der Waals surface area contributed by atoms with E-state index in [1.807, 2.05) is 0 Å². The Morgan fingerprint density at radius 1 is 0.579 bits per heavy atom. The van der Waals surface area contributed by atoms with E-state index in [1.54, 1.807) is 0 Å². The first-order valence-corrected chi connectivity index (χ1v) is 9.69. The average Bonchev–Trinajstić information content (AvgIpc) is 2.34. The van der Waals surface area contributed by atoms with Crippen molar-refractivity contribution >= 4 is 11.8 Å². The van der Waals surface area contributed by atoms with Gasteiger partial charge in [-0.25, -0.2) is 0 Å². The van der Waals surface area contributed by atoms with Gasteiger partial charge in [-0.2, -0.15) is 11.8 Å². The van der Waals surface area contributed by atoms with Crippen molar-refractivity contribution in [1.82, 2.24) is 0 Å². The lowest BCUT2D eigenvalue weighted by atomic mass is 10.1. The van der Waals surface area contributed by atoms with Crippen molar-refractivity contribution in [3.63, 3.8) is 0 Å². The molecule has 0 heterocycles. The molecule has 0 aromatic carbocycles. The maximum Gasteiger partial charge on any atom is 0.00750 e. The van der Waals surface area contributed by atoms with Crippen molar-refractivity contribution in [3.8, 4) is 0 Å². The molecule has 0 amide bonds. The Morgan fingerprint density at radius 3 is 1.32 bits per heavy atom. The molecule has 0 saturated carbocycles. The molecule has 0 aliphatic heterocycles. The predicted octanol–water partition coefficient (Wildman–Crippen LogP) is 7.22. The van der Waals surface area contributed by atoms with E-state index in [2.05, 4.69) is 39.5 Å². The normalized spacial score (nSPS) is 12.0. The van der Waals surface area contributed by atoms with E-state index >= 15 is 0 Å². The third-order valence-electron chi connectivity index (χ3n) is 3.53. The molecular formula is C18H38S. The summed E-state index contributed by atoms with van der Waals surface area (Å²) in [5.74, 6) is 1.35. The highest BCUT2D eigenvalue weighted by atomic mass is 32.2. The Bertz CT molecular complexity index is 169. The van der Waals surface area contributed by atoms with Crippen LogP contribution in [0.15, 0.2) is 0 Å². The summed E-state index contributed by atoms with van der Waals surface area (Å²) in [5.41, 5.74) is 0. The van der Waals surface area contributed by atoms with Crippen molar-refractivity contribution in [2.75, 3.05) is 5.75 Å². The van der Waals surface area contributed by atoms with Crippen molar-refractivity contribution in [3.05, 3.63) is 0 Å². The number of thioether (sulfide) groups is 1. The third kappa shape index (κ3) is 18.4. The smallest absolute Gasteiger partial charge is 0.00750 e. The summed E-state index contributed by atoms with van der Waals surface area (Å²) in [6.07, 6.45) is 17.4. The zero-order valence-corrected chi connectivity index (χ0v) is 14.9. The molecule has 116 valence electrons. The lowest BCUT2D eigenvalue weighted by Crippen LogP contribution is -2.08. The second-order valence-corrected chi connectivity index (χ2v) is 8.77. The quantitative estimate of drug-likeness (QED) is 0.322. The highest BCUT2D eigenvalue weighted by molar-refractivity contribution is 8.00. The molecule has 0 aromatic heterocycles. The molecule has 0 unspecified atom stereocenters. The van der Waals surface area contributed by atoms with Gasteiger partial charge in [0.15, 0.2) is 0 Å². The summed E-state index contributed by atoms with van der Waals surface area (Å²) in [4.78, 5) is 0. The zero-order chi connectivity index (χ0) is 14.4. The maximum atomic E-state index is 2.32. The second-order valence-electron chi connectivity index (χ2n) is 6.85. The van der Waals surface area contributed by atoms with Crippen LogP contribution in [-0.2, 0) is 0 Å². The van der Waals surface area contributed by atoms with Gasteiger partial charge in [-0.05, 0) is 12.2 Å². The molecular weight excluding hydrogens is 248 g/mol. The number of rotatable bonds is 13. The van der Waals surface area contributed by atoms with Crippen LogP contribution in [0.1, 0.15) is 105 Å². The second kappa shape index (κ2) is 13.3. The van der Waals surface area contributed by atoms with Crippen LogP contribution >= 0.6 is 11.8 Å². The Kier molecular flexibility index (Phi) is 13.6. The van der Waals surface area contributed by atoms with Gasteiger partial charge in [0.2, 0.25) is 0 Å². The van der Waals surface area contributed by atoms with E-state index in [0.717, 1.165) is 0 Å². The average molecular weight is 287 g/mol. The molecule has 19 heavy (non-hydrogen) atoms. The van der Waals surface area contributed by atoms with E-state index < -0.39 is 0 Å². The molecule has 0 atom stereocenters. The first-order valence-electron chi connectivity index (χ1n) is 8.70. The van der Waals surface area contributed by atoms with Crippen LogP contribution < -0.4 is 0 Å². The summed E-state index contributed by atoms with van der Waals surface area (Å²) in [6, 6.07) is 0. The van der Waals surface area contributed by atoms with E-state index in [1.165, 1.54) is 82.8 Å². The fourth-order valence-corrected chi connectivity index (χ4v) is 3.28. The molecule has 0 radical (unpaired) electrons. The number of hydrogen-bond donors (Lipinski definition) is 0. The summed E-state index contributed by atoms with van der Waals surface area (Å²) in [7, 11) is 0. The number of hydrogen-bond acceptors (Lipinski definition) is 1. The third-order valence-corrected chi connectivity index (χ3v) is 4.89. The molecule has 0 aromatic rings. The van der Waals surface area contributed by atoms with Gasteiger partial charge < -0.3 is 0 Å². The standard InChI is InChI=1S/C18H38S/c1-5-6-7-8-9-10-11-12-13-14-15-16-17-19-18(2,3)4/h5-17H2,1-4H3. The first kappa shape index (κ1) is 19.4. The fraction of sp³-hybridized carbons (Fsp3) is 1.00. The summed E-state index contributed by atoms with van der Waals surface area (Å²) in [5, 5.41) is 0. The monoisotopic (exact) mass is 286 g/mol. The largest absolute Gasteiger partial charge is 0.156 e. The molecule has 0 rings (SSSR count). The summed E-state index contributed by atoms with van der Waals surface area (Å²) >= 11 is 2.11. The van der Waals surface area contributed by atoms with E-state index in [4.69, 9.17) is 0 Å². The Morgan fingerprint density at radius 2 is 0.947 bits per heavy atom. The molecule has 0 spiro atoms. The minimum absolute atomic E-state index is 0.456. The van der Waals surface area contributed by atoms with Gasteiger partial charge >= 0.3 is 0 Å². The van der Waals surface area contributed by atoms with Crippen LogP contribution in [0.5, 0.6) is 0 Å². The van der Waals surface area contributed by atoms with Crippen LogP contribution in [-0.4, -0.2) is 10.5 Å². The van der Waals surface area contributed by atoms with E-state index in [9.17, 15) is 0 Å². The molecule has 1 heteroatoms. The summed E-state index contributed by atoms with van der Waals surface area (Å²) < 4.78 is 0.456. The Hall–Kier alpha value is 0.350. The van der Waals surface area contributed by atoms with Crippen molar-refractivity contribution in [2.45, 2.75) is 109 Å². The van der Waals surface area contributed by atoms with Crippen molar-refractivity contribution in [2.24, 2.45) is 0 Å². The van der Waals surface area contributed by atoms with Crippen LogP contribution in [0.3, 0.4) is 0 Å². The van der Waals surface area contributed by atoms with Crippen molar-refractivity contribution in [1.29, 1.82) is 0 Å². The molecule has 0 aliphatic rings. The summed E-state index contributed by atoms with van der Waals surface area (Å²) in [6.45, 7) is 9.24. The molecule has 0 N–H and O–H groups in total. The van der Waals surface area contributed by atoms with Gasteiger partial charge in [0.1, 0.15) is 0 Å². The van der Waals surface area contributed by atoms with Gasteiger partial charge in [0.05, 0.1) is 0 Å². The molecule has 0 aliphatic carbocycles. The topological polar surface area (TPSA) is 0 Å². The van der Waals surface area contributed by atoms with E-state index in [-0.39, 0.29) is 0 Å². The lowest BCUT2D eigenvalue weighted by molar-refractivity contribution is 0.548. The lowest BCUT2D eigenvalue weighted by Gasteiger charge is -2.17. The molecule has 0 fully saturated rings.